The molecular formula is C19H19NO. The van der Waals surface area contributed by atoms with E-state index in [1.807, 2.05) is 61.5 Å². The summed E-state index contributed by atoms with van der Waals surface area (Å²) in [6.07, 6.45) is 0. The molecule has 106 valence electrons. The van der Waals surface area contributed by atoms with Gasteiger partial charge in [0.15, 0.2) is 5.43 Å². The molecule has 0 saturated heterocycles. The summed E-state index contributed by atoms with van der Waals surface area (Å²) in [5.74, 6) is 0. The van der Waals surface area contributed by atoms with Gasteiger partial charge >= 0.3 is 0 Å². The first-order valence-electron chi connectivity index (χ1n) is 7.30. The van der Waals surface area contributed by atoms with Crippen LogP contribution >= 0.6 is 0 Å². The first kappa shape index (κ1) is 13.6. The minimum atomic E-state index is 0.117. The van der Waals surface area contributed by atoms with Crippen molar-refractivity contribution in [2.45, 2.75) is 26.8 Å². The van der Waals surface area contributed by atoms with Crippen LogP contribution in [-0.2, 0) is 0 Å². The molecule has 0 unspecified atom stereocenters. The number of fused-ring (bicyclic) bond motifs is 1. The molecule has 21 heavy (non-hydrogen) atoms. The molecule has 0 atom stereocenters. The number of aromatic nitrogens is 1. The van der Waals surface area contributed by atoms with Crippen LogP contribution in [0.1, 0.15) is 25.6 Å². The fourth-order valence-electron chi connectivity index (χ4n) is 3.09. The lowest BCUT2D eigenvalue weighted by Crippen LogP contribution is -2.17. The fourth-order valence-corrected chi connectivity index (χ4v) is 3.09. The Morgan fingerprint density at radius 2 is 1.52 bits per heavy atom. The van der Waals surface area contributed by atoms with Crippen molar-refractivity contribution in [3.05, 3.63) is 70.5 Å². The number of pyridine rings is 1. The lowest BCUT2D eigenvalue weighted by molar-refractivity contribution is 0.603. The maximum atomic E-state index is 12.9. The average molecular weight is 277 g/mol. The quantitative estimate of drug-likeness (QED) is 0.673. The normalized spacial score (nSPS) is 11.2. The summed E-state index contributed by atoms with van der Waals surface area (Å²) < 4.78 is 2.25. The van der Waals surface area contributed by atoms with Gasteiger partial charge in [0.05, 0.1) is 5.52 Å². The molecule has 0 aliphatic rings. The van der Waals surface area contributed by atoms with Crippen LogP contribution in [0.4, 0.5) is 0 Å². The molecule has 1 aromatic heterocycles. The SMILES string of the molecule is Cc1c(-c2ccccc2)c(=O)c2ccccc2n1C(C)C. The van der Waals surface area contributed by atoms with Gasteiger partial charge in [-0.15, -0.1) is 0 Å². The van der Waals surface area contributed by atoms with Crippen molar-refractivity contribution in [3.63, 3.8) is 0 Å². The second-order valence-electron chi connectivity index (χ2n) is 5.64. The fraction of sp³-hybridized carbons (Fsp3) is 0.211. The van der Waals surface area contributed by atoms with E-state index in [1.54, 1.807) is 0 Å². The molecule has 0 saturated carbocycles. The van der Waals surface area contributed by atoms with Gasteiger partial charge in [-0.25, -0.2) is 0 Å². The Morgan fingerprint density at radius 1 is 0.905 bits per heavy atom. The zero-order valence-electron chi connectivity index (χ0n) is 12.6. The molecule has 0 N–H and O–H groups in total. The number of nitrogens with zero attached hydrogens (tertiary/aromatic N) is 1. The lowest BCUT2D eigenvalue weighted by atomic mass is 10.00. The van der Waals surface area contributed by atoms with Gasteiger partial charge in [0.1, 0.15) is 0 Å². The summed E-state index contributed by atoms with van der Waals surface area (Å²) in [7, 11) is 0. The van der Waals surface area contributed by atoms with Crippen LogP contribution in [0.15, 0.2) is 59.4 Å². The van der Waals surface area contributed by atoms with Crippen molar-refractivity contribution in [3.8, 4) is 11.1 Å². The van der Waals surface area contributed by atoms with Crippen molar-refractivity contribution < 1.29 is 0 Å². The maximum Gasteiger partial charge on any atom is 0.197 e. The summed E-state index contributed by atoms with van der Waals surface area (Å²) in [5.41, 5.74) is 3.95. The number of benzene rings is 2. The Balaban J connectivity index is 2.49. The summed E-state index contributed by atoms with van der Waals surface area (Å²) in [5, 5.41) is 0.788. The van der Waals surface area contributed by atoms with Crippen LogP contribution < -0.4 is 5.43 Å². The Bertz CT molecular complexity index is 845. The molecule has 0 aliphatic carbocycles. The predicted octanol–water partition coefficient (Wildman–Crippen LogP) is 4.56. The van der Waals surface area contributed by atoms with Gasteiger partial charge in [-0.1, -0.05) is 42.5 Å². The maximum absolute atomic E-state index is 12.9. The van der Waals surface area contributed by atoms with E-state index in [0.29, 0.717) is 6.04 Å². The van der Waals surface area contributed by atoms with E-state index in [4.69, 9.17) is 0 Å². The highest BCUT2D eigenvalue weighted by atomic mass is 16.1. The van der Waals surface area contributed by atoms with Gasteiger partial charge in [-0.05, 0) is 38.5 Å². The van der Waals surface area contributed by atoms with Gasteiger partial charge < -0.3 is 4.57 Å². The minimum absolute atomic E-state index is 0.117. The standard InChI is InChI=1S/C19H19NO/c1-13(2)20-14(3)18(15-9-5-4-6-10-15)19(21)16-11-7-8-12-17(16)20/h4-13H,1-3H3. The van der Waals surface area contributed by atoms with Crippen LogP contribution in [0.25, 0.3) is 22.0 Å². The zero-order chi connectivity index (χ0) is 15.0. The van der Waals surface area contributed by atoms with E-state index in [2.05, 4.69) is 18.4 Å². The van der Waals surface area contributed by atoms with Crippen LogP contribution in [-0.4, -0.2) is 4.57 Å². The largest absolute Gasteiger partial charge is 0.342 e. The molecule has 0 radical (unpaired) electrons. The number of hydrogen-bond acceptors (Lipinski definition) is 1. The third kappa shape index (κ3) is 2.17. The Kier molecular flexibility index (Phi) is 3.38. The highest BCUT2D eigenvalue weighted by Crippen LogP contribution is 2.26. The first-order valence-corrected chi connectivity index (χ1v) is 7.30. The highest BCUT2D eigenvalue weighted by molar-refractivity contribution is 5.85. The van der Waals surface area contributed by atoms with Gasteiger partial charge in [-0.3, -0.25) is 4.79 Å². The van der Waals surface area contributed by atoms with E-state index in [-0.39, 0.29) is 5.43 Å². The molecule has 2 nitrogen and oxygen atoms in total. The van der Waals surface area contributed by atoms with Crippen molar-refractivity contribution in [1.82, 2.24) is 4.57 Å². The number of para-hydroxylation sites is 1. The lowest BCUT2D eigenvalue weighted by Gasteiger charge is -2.21. The van der Waals surface area contributed by atoms with Crippen LogP contribution in [0.5, 0.6) is 0 Å². The Labute approximate surface area is 124 Å². The Hall–Kier alpha value is -2.35. The van der Waals surface area contributed by atoms with E-state index in [0.717, 1.165) is 27.7 Å². The van der Waals surface area contributed by atoms with Crippen LogP contribution in [0.3, 0.4) is 0 Å². The van der Waals surface area contributed by atoms with Gasteiger partial charge in [0, 0.05) is 22.7 Å². The van der Waals surface area contributed by atoms with Gasteiger partial charge in [0.25, 0.3) is 0 Å². The third-order valence-corrected chi connectivity index (χ3v) is 3.94. The molecule has 2 heteroatoms. The van der Waals surface area contributed by atoms with Gasteiger partial charge in [0.2, 0.25) is 0 Å². The molecule has 0 bridgehead atoms. The second-order valence-corrected chi connectivity index (χ2v) is 5.64. The molecule has 0 aliphatic heterocycles. The molecule has 3 rings (SSSR count). The van der Waals surface area contributed by atoms with E-state index in [9.17, 15) is 4.79 Å². The summed E-state index contributed by atoms with van der Waals surface area (Å²) in [6, 6.07) is 18.1. The molecule has 3 aromatic rings. The summed E-state index contributed by atoms with van der Waals surface area (Å²) >= 11 is 0. The number of rotatable bonds is 2. The van der Waals surface area contributed by atoms with Crippen molar-refractivity contribution in [1.29, 1.82) is 0 Å². The minimum Gasteiger partial charge on any atom is -0.342 e. The van der Waals surface area contributed by atoms with E-state index < -0.39 is 0 Å². The average Bonchev–Trinajstić information content (AvgIpc) is 2.48. The van der Waals surface area contributed by atoms with E-state index in [1.165, 1.54) is 0 Å². The van der Waals surface area contributed by atoms with Crippen molar-refractivity contribution >= 4 is 10.9 Å². The second kappa shape index (κ2) is 5.21. The third-order valence-electron chi connectivity index (χ3n) is 3.94. The van der Waals surface area contributed by atoms with Crippen LogP contribution in [0.2, 0.25) is 0 Å². The number of hydrogen-bond donors (Lipinski definition) is 0. The molecular weight excluding hydrogens is 258 g/mol. The van der Waals surface area contributed by atoms with Gasteiger partial charge in [-0.2, -0.15) is 0 Å². The highest BCUT2D eigenvalue weighted by Gasteiger charge is 2.16. The Morgan fingerprint density at radius 3 is 2.19 bits per heavy atom. The first-order chi connectivity index (χ1) is 10.1. The molecule has 0 amide bonds. The monoisotopic (exact) mass is 277 g/mol. The van der Waals surface area contributed by atoms with E-state index >= 15 is 0 Å². The summed E-state index contributed by atoms with van der Waals surface area (Å²) in [4.78, 5) is 12.9. The van der Waals surface area contributed by atoms with Crippen LogP contribution in [0, 0.1) is 6.92 Å². The summed E-state index contributed by atoms with van der Waals surface area (Å²) in [6.45, 7) is 6.34. The smallest absolute Gasteiger partial charge is 0.197 e. The topological polar surface area (TPSA) is 22.0 Å². The predicted molar refractivity (Wildman–Crippen MR) is 88.8 cm³/mol. The van der Waals surface area contributed by atoms with Crippen molar-refractivity contribution in [2.75, 3.05) is 0 Å². The molecule has 2 aromatic carbocycles. The molecule has 1 heterocycles. The molecule has 0 spiro atoms. The zero-order valence-corrected chi connectivity index (χ0v) is 12.6. The molecule has 0 fully saturated rings. The van der Waals surface area contributed by atoms with Crippen molar-refractivity contribution in [2.24, 2.45) is 0 Å².